The lowest BCUT2D eigenvalue weighted by Gasteiger charge is -2.35. The van der Waals surface area contributed by atoms with Gasteiger partial charge in [0.1, 0.15) is 12.4 Å². The van der Waals surface area contributed by atoms with Crippen molar-refractivity contribution in [3.8, 4) is 28.0 Å². The predicted octanol–water partition coefficient (Wildman–Crippen LogP) is 10.6. The maximum Gasteiger partial charge on any atom is 0.119 e. The average molecular weight is 593 g/mol. The zero-order valence-electron chi connectivity index (χ0n) is 26.3. The summed E-state index contributed by atoms with van der Waals surface area (Å²) in [6.45, 7) is 5.28. The number of hydrogen-bond donors (Lipinski definition) is 1. The van der Waals surface area contributed by atoms with E-state index in [1.165, 1.54) is 50.1 Å². The molecule has 0 fully saturated rings. The second kappa shape index (κ2) is 13.4. The highest BCUT2D eigenvalue weighted by atomic mass is 16.5. The third kappa shape index (κ3) is 5.84. The van der Waals surface area contributed by atoms with Crippen molar-refractivity contribution in [3.05, 3.63) is 173 Å². The highest BCUT2D eigenvalue weighted by molar-refractivity contribution is 5.86. The first-order chi connectivity index (χ1) is 22.1. The van der Waals surface area contributed by atoms with Crippen LogP contribution in [0.1, 0.15) is 54.5 Å². The number of aliphatic hydroxyl groups is 1. The van der Waals surface area contributed by atoms with Gasteiger partial charge >= 0.3 is 0 Å². The number of hydrogen-bond acceptors (Lipinski definition) is 3. The Labute approximate surface area is 267 Å². The fraction of sp³-hybridized carbons (Fsp3) is 0.190. The fourth-order valence-electron chi connectivity index (χ4n) is 6.62. The first-order valence-electron chi connectivity index (χ1n) is 15.8. The highest BCUT2D eigenvalue weighted by Gasteiger charge is 2.46. The van der Waals surface area contributed by atoms with E-state index in [1.54, 1.807) is 7.11 Å². The van der Waals surface area contributed by atoms with Gasteiger partial charge in [-0.1, -0.05) is 135 Å². The summed E-state index contributed by atoms with van der Waals surface area (Å²) in [6, 6.07) is 43.1. The normalized spacial score (nSPS) is 13.8. The van der Waals surface area contributed by atoms with Gasteiger partial charge in [-0.3, -0.25) is 0 Å². The van der Waals surface area contributed by atoms with E-state index < -0.39 is 5.41 Å². The van der Waals surface area contributed by atoms with E-state index in [4.69, 9.17) is 9.47 Å². The second-order valence-electron chi connectivity index (χ2n) is 11.5. The molecule has 5 aromatic rings. The SMILES string of the molecule is CC/C(O)=C\C=C(/CC)C1(c2ccc(OCc3ccc(-c4ccc(COC)cc4)cc3)cc2)c2ccccc2-c2ccccc21. The zero-order chi connectivity index (χ0) is 31.2. The van der Waals surface area contributed by atoms with E-state index in [1.807, 2.05) is 13.0 Å². The van der Waals surface area contributed by atoms with Crippen LogP contribution in [0.15, 0.2) is 145 Å². The first-order valence-corrected chi connectivity index (χ1v) is 15.8. The van der Waals surface area contributed by atoms with Crippen LogP contribution in [0.3, 0.4) is 0 Å². The molecule has 0 heterocycles. The Balaban J connectivity index is 1.29. The lowest BCUT2D eigenvalue weighted by Crippen LogP contribution is -2.29. The van der Waals surface area contributed by atoms with Gasteiger partial charge in [0.2, 0.25) is 0 Å². The minimum Gasteiger partial charge on any atom is -0.512 e. The van der Waals surface area contributed by atoms with Crippen molar-refractivity contribution in [2.75, 3.05) is 7.11 Å². The molecule has 0 unspecified atom stereocenters. The molecule has 0 bridgehead atoms. The van der Waals surface area contributed by atoms with Gasteiger partial charge in [0.05, 0.1) is 17.8 Å². The van der Waals surface area contributed by atoms with Gasteiger partial charge in [0.15, 0.2) is 0 Å². The van der Waals surface area contributed by atoms with Crippen molar-refractivity contribution >= 4 is 0 Å². The summed E-state index contributed by atoms with van der Waals surface area (Å²) in [4.78, 5) is 0. The smallest absolute Gasteiger partial charge is 0.119 e. The molecular weight excluding hydrogens is 552 g/mol. The van der Waals surface area contributed by atoms with Crippen LogP contribution < -0.4 is 4.74 Å². The largest absolute Gasteiger partial charge is 0.512 e. The van der Waals surface area contributed by atoms with E-state index in [2.05, 4.69) is 134 Å². The topological polar surface area (TPSA) is 38.7 Å². The van der Waals surface area contributed by atoms with Gasteiger partial charge in [-0.25, -0.2) is 0 Å². The summed E-state index contributed by atoms with van der Waals surface area (Å²) in [5, 5.41) is 10.4. The summed E-state index contributed by atoms with van der Waals surface area (Å²) >= 11 is 0. The third-order valence-corrected chi connectivity index (χ3v) is 8.90. The molecule has 1 aliphatic rings. The molecule has 6 rings (SSSR count). The quantitative estimate of drug-likeness (QED) is 0.122. The lowest BCUT2D eigenvalue weighted by molar-refractivity contribution is 0.185. The Morgan fingerprint density at radius 2 is 1.16 bits per heavy atom. The number of rotatable bonds is 11. The minimum absolute atomic E-state index is 0.382. The van der Waals surface area contributed by atoms with E-state index in [0.29, 0.717) is 25.4 Å². The van der Waals surface area contributed by atoms with Crippen LogP contribution in [0.4, 0.5) is 0 Å². The summed E-state index contributed by atoms with van der Waals surface area (Å²) in [7, 11) is 1.72. The molecule has 0 atom stereocenters. The molecule has 0 saturated carbocycles. The molecule has 0 spiro atoms. The monoisotopic (exact) mass is 592 g/mol. The molecular formula is C42H40O3. The maximum absolute atomic E-state index is 10.4. The number of fused-ring (bicyclic) bond motifs is 3. The Morgan fingerprint density at radius 3 is 1.67 bits per heavy atom. The average Bonchev–Trinajstić information content (AvgIpc) is 3.39. The van der Waals surface area contributed by atoms with Gasteiger partial charge < -0.3 is 14.6 Å². The molecule has 1 N–H and O–H groups in total. The summed E-state index contributed by atoms with van der Waals surface area (Å²) in [6.07, 6.45) is 5.43. The van der Waals surface area contributed by atoms with E-state index in [-0.39, 0.29) is 0 Å². The fourth-order valence-corrected chi connectivity index (χ4v) is 6.62. The number of allylic oxidation sites excluding steroid dienone is 4. The van der Waals surface area contributed by atoms with Crippen LogP contribution in [-0.2, 0) is 23.4 Å². The predicted molar refractivity (Wildman–Crippen MR) is 185 cm³/mol. The molecule has 0 amide bonds. The van der Waals surface area contributed by atoms with Crippen LogP contribution in [0.2, 0.25) is 0 Å². The third-order valence-electron chi connectivity index (χ3n) is 8.90. The van der Waals surface area contributed by atoms with Crippen molar-refractivity contribution < 1.29 is 14.6 Å². The van der Waals surface area contributed by atoms with Crippen LogP contribution in [0.25, 0.3) is 22.3 Å². The number of benzene rings is 5. The Hall–Kier alpha value is -4.86. The van der Waals surface area contributed by atoms with Gasteiger partial charge in [-0.15, -0.1) is 0 Å². The number of methoxy groups -OCH3 is 1. The molecule has 0 aromatic heterocycles. The second-order valence-corrected chi connectivity index (χ2v) is 11.5. The van der Waals surface area contributed by atoms with Crippen LogP contribution >= 0.6 is 0 Å². The van der Waals surface area contributed by atoms with Gasteiger partial charge in [-0.2, -0.15) is 0 Å². The van der Waals surface area contributed by atoms with Crippen LogP contribution in [-0.4, -0.2) is 12.2 Å². The van der Waals surface area contributed by atoms with Crippen molar-refractivity contribution in [3.63, 3.8) is 0 Å². The zero-order valence-corrected chi connectivity index (χ0v) is 26.3. The van der Waals surface area contributed by atoms with Crippen molar-refractivity contribution in [1.29, 1.82) is 0 Å². The molecule has 0 saturated heterocycles. The molecule has 1 aliphatic carbocycles. The van der Waals surface area contributed by atoms with Gasteiger partial charge in [0, 0.05) is 13.5 Å². The number of aliphatic hydroxyl groups excluding tert-OH is 1. The minimum atomic E-state index is -0.470. The van der Waals surface area contributed by atoms with E-state index >= 15 is 0 Å². The van der Waals surface area contributed by atoms with Crippen LogP contribution in [0.5, 0.6) is 5.75 Å². The maximum atomic E-state index is 10.4. The first kappa shape index (κ1) is 30.2. The van der Waals surface area contributed by atoms with Gasteiger partial charge in [0.25, 0.3) is 0 Å². The van der Waals surface area contributed by atoms with Gasteiger partial charge in [-0.05, 0) is 74.7 Å². The summed E-state index contributed by atoms with van der Waals surface area (Å²) in [5.74, 6) is 1.21. The van der Waals surface area contributed by atoms with Crippen molar-refractivity contribution in [1.82, 2.24) is 0 Å². The number of ether oxygens (including phenoxy) is 2. The summed E-state index contributed by atoms with van der Waals surface area (Å²) < 4.78 is 11.5. The van der Waals surface area contributed by atoms with E-state index in [0.717, 1.165) is 17.7 Å². The van der Waals surface area contributed by atoms with Crippen molar-refractivity contribution in [2.24, 2.45) is 0 Å². The molecule has 0 aliphatic heterocycles. The summed E-state index contributed by atoms with van der Waals surface area (Å²) in [5.41, 5.74) is 11.6. The Bertz CT molecular complexity index is 1760. The van der Waals surface area contributed by atoms with E-state index in [9.17, 15) is 5.11 Å². The molecule has 3 heteroatoms. The standard InChI is InChI=1S/C42H40O3/c1-4-34(22-25-36(43)5-2)42(40-12-8-6-10-38(40)39-11-7-9-13-41(39)42)35-23-26-37(27-24-35)45-29-31-16-20-33(21-17-31)32-18-14-30(15-19-32)28-44-3/h6-27,43H,4-5,28-29H2,1-3H3/b34-22+,36-25+. The Morgan fingerprint density at radius 1 is 0.622 bits per heavy atom. The molecule has 226 valence electrons. The Kier molecular flexibility index (Phi) is 9.00. The molecule has 45 heavy (non-hydrogen) atoms. The molecule has 5 aromatic carbocycles. The molecule has 3 nitrogen and oxygen atoms in total. The highest BCUT2D eigenvalue weighted by Crippen LogP contribution is 2.57. The van der Waals surface area contributed by atoms with Crippen molar-refractivity contribution in [2.45, 2.75) is 45.3 Å². The molecule has 0 radical (unpaired) electrons. The lowest BCUT2D eigenvalue weighted by atomic mass is 9.66. The van der Waals surface area contributed by atoms with Crippen LogP contribution in [0, 0.1) is 0 Å².